The zero-order valence-corrected chi connectivity index (χ0v) is 19.4. The third-order valence-electron chi connectivity index (χ3n) is 6.53. The first-order valence-corrected chi connectivity index (χ1v) is 11.7. The van der Waals surface area contributed by atoms with Crippen LogP contribution in [-0.4, -0.2) is 75.9 Å². The number of carbonyl (C=O) groups excluding carboxylic acids is 1. The molecule has 1 saturated heterocycles. The lowest BCUT2D eigenvalue weighted by molar-refractivity contribution is -0.123. The Labute approximate surface area is 188 Å². The number of nitrogens with one attached hydrogen (secondary N) is 1. The Kier molecular flexibility index (Phi) is 6.91. The van der Waals surface area contributed by atoms with Gasteiger partial charge in [-0.05, 0) is 38.9 Å². The van der Waals surface area contributed by atoms with Gasteiger partial charge in [0.05, 0.1) is 11.7 Å². The zero-order valence-electron chi connectivity index (χ0n) is 19.4. The van der Waals surface area contributed by atoms with E-state index < -0.39 is 6.04 Å². The number of aryl methyl sites for hydroxylation is 1. The number of hydrogen-bond acceptors (Lipinski definition) is 5. The van der Waals surface area contributed by atoms with E-state index in [0.717, 1.165) is 55.4 Å². The van der Waals surface area contributed by atoms with Crippen LogP contribution in [0.2, 0.25) is 0 Å². The maximum atomic E-state index is 13.0. The highest BCUT2D eigenvalue weighted by Gasteiger charge is 2.23. The smallest absolute Gasteiger partial charge is 0.291 e. The molecule has 4 rings (SSSR count). The predicted octanol–water partition coefficient (Wildman–Crippen LogP) is 1.98. The van der Waals surface area contributed by atoms with Gasteiger partial charge in [-0.15, -0.1) is 0 Å². The normalized spacial score (nSPS) is 16.6. The molecule has 2 aromatic heterocycles. The first-order chi connectivity index (χ1) is 15.5. The molecule has 1 aliphatic heterocycles. The summed E-state index contributed by atoms with van der Waals surface area (Å²) in [5, 5.41) is 8.98. The first-order valence-electron chi connectivity index (χ1n) is 11.7. The summed E-state index contributed by atoms with van der Waals surface area (Å²) >= 11 is 0. The predicted molar refractivity (Wildman–Crippen MR) is 128 cm³/mol. The number of aromatic nitrogens is 3. The molecule has 8 heteroatoms. The average Bonchev–Trinajstić information content (AvgIpc) is 3.15. The summed E-state index contributed by atoms with van der Waals surface area (Å²) in [6.45, 7) is 11.4. The summed E-state index contributed by atoms with van der Waals surface area (Å²) in [4.78, 5) is 30.9. The minimum absolute atomic E-state index is 0.0701. The van der Waals surface area contributed by atoms with Crippen LogP contribution in [0.3, 0.4) is 0 Å². The number of para-hydroxylation sites is 1. The van der Waals surface area contributed by atoms with E-state index in [1.54, 1.807) is 13.2 Å². The van der Waals surface area contributed by atoms with Gasteiger partial charge in [-0.25, -0.2) is 4.68 Å². The van der Waals surface area contributed by atoms with Gasteiger partial charge < -0.3 is 19.7 Å². The molecule has 1 aliphatic rings. The van der Waals surface area contributed by atoms with Crippen LogP contribution >= 0.6 is 0 Å². The molecule has 0 bridgehead atoms. The molecule has 1 aromatic carbocycles. The molecule has 1 fully saturated rings. The monoisotopic (exact) mass is 438 g/mol. The van der Waals surface area contributed by atoms with Gasteiger partial charge >= 0.3 is 0 Å². The molecule has 8 nitrogen and oxygen atoms in total. The summed E-state index contributed by atoms with van der Waals surface area (Å²) in [6, 6.07) is 7.30. The fraction of sp³-hybridized carbons (Fsp3) is 0.542. The number of amides is 1. The highest BCUT2D eigenvalue weighted by atomic mass is 16.2. The first kappa shape index (κ1) is 22.5. The largest absolute Gasteiger partial charge is 0.354 e. The number of fused-ring (bicyclic) bond motifs is 3. The molecule has 0 aliphatic carbocycles. The Morgan fingerprint density at radius 2 is 1.78 bits per heavy atom. The van der Waals surface area contributed by atoms with E-state index in [4.69, 9.17) is 0 Å². The molecule has 0 radical (unpaired) electrons. The van der Waals surface area contributed by atoms with Gasteiger partial charge in [-0.1, -0.05) is 25.1 Å². The van der Waals surface area contributed by atoms with Gasteiger partial charge in [0.1, 0.15) is 11.6 Å². The third-order valence-corrected chi connectivity index (χ3v) is 6.53. The number of piperazine rings is 1. The molecular formula is C24H34N6O2. The summed E-state index contributed by atoms with van der Waals surface area (Å²) in [5.41, 5.74) is 1.21. The summed E-state index contributed by atoms with van der Waals surface area (Å²) in [6.07, 6.45) is 3.84. The molecule has 0 saturated carbocycles. The second-order valence-corrected chi connectivity index (χ2v) is 8.73. The van der Waals surface area contributed by atoms with Crippen LogP contribution in [0.4, 0.5) is 0 Å². The molecule has 1 atom stereocenters. The highest BCUT2D eigenvalue weighted by molar-refractivity contribution is 6.08. The molecule has 1 N–H and O–H groups in total. The van der Waals surface area contributed by atoms with Crippen molar-refractivity contribution in [3.8, 4) is 0 Å². The Hall–Kier alpha value is -2.71. The van der Waals surface area contributed by atoms with Crippen molar-refractivity contribution >= 4 is 27.7 Å². The van der Waals surface area contributed by atoms with Crippen molar-refractivity contribution in [3.63, 3.8) is 0 Å². The lowest BCUT2D eigenvalue weighted by Gasteiger charge is -2.34. The van der Waals surface area contributed by atoms with Crippen molar-refractivity contribution in [3.05, 3.63) is 40.8 Å². The maximum absolute atomic E-state index is 13.0. The van der Waals surface area contributed by atoms with Crippen LogP contribution in [0.1, 0.15) is 32.7 Å². The molecule has 3 heterocycles. The fourth-order valence-electron chi connectivity index (χ4n) is 4.72. The van der Waals surface area contributed by atoms with Gasteiger partial charge in [0.15, 0.2) is 0 Å². The van der Waals surface area contributed by atoms with Gasteiger partial charge in [0.2, 0.25) is 5.91 Å². The minimum Gasteiger partial charge on any atom is -0.354 e. The van der Waals surface area contributed by atoms with E-state index in [2.05, 4.69) is 27.1 Å². The number of nitrogens with zero attached hydrogens (tertiary/aromatic N) is 5. The van der Waals surface area contributed by atoms with Crippen LogP contribution in [0, 0.1) is 0 Å². The van der Waals surface area contributed by atoms with Crippen molar-refractivity contribution < 1.29 is 4.79 Å². The van der Waals surface area contributed by atoms with E-state index in [0.29, 0.717) is 12.1 Å². The Balaban J connectivity index is 1.41. The molecule has 1 amide bonds. The average molecular weight is 439 g/mol. The van der Waals surface area contributed by atoms with E-state index in [-0.39, 0.29) is 11.5 Å². The lowest BCUT2D eigenvalue weighted by Crippen LogP contribution is -2.47. The van der Waals surface area contributed by atoms with Crippen molar-refractivity contribution in [1.82, 2.24) is 29.5 Å². The fourth-order valence-corrected chi connectivity index (χ4v) is 4.72. The minimum atomic E-state index is -0.495. The molecule has 0 spiro atoms. The van der Waals surface area contributed by atoms with E-state index in [1.807, 2.05) is 35.8 Å². The third kappa shape index (κ3) is 4.42. The number of hydrogen-bond donors (Lipinski definition) is 1. The quantitative estimate of drug-likeness (QED) is 0.545. The van der Waals surface area contributed by atoms with Crippen LogP contribution in [0.5, 0.6) is 0 Å². The number of benzene rings is 1. The van der Waals surface area contributed by atoms with Gasteiger partial charge in [0, 0.05) is 50.5 Å². The molecule has 172 valence electrons. The summed E-state index contributed by atoms with van der Waals surface area (Å²) < 4.78 is 3.18. The standard InChI is InChI=1S/C24H34N6O2/c1-4-11-28-13-15-29(16-14-28)12-7-10-25-23(31)18(2)30-21-9-6-5-8-19(21)20-17-26-27(3)24(32)22(20)30/h5-6,8-9,17-18H,4,7,10-16H2,1-3H3,(H,25,31)/t18-/m1/s1. The molecule has 3 aromatic rings. The van der Waals surface area contributed by atoms with Crippen molar-refractivity contribution in [2.24, 2.45) is 7.05 Å². The lowest BCUT2D eigenvalue weighted by atomic mass is 10.2. The van der Waals surface area contributed by atoms with E-state index in [1.165, 1.54) is 17.6 Å². The van der Waals surface area contributed by atoms with Gasteiger partial charge in [-0.3, -0.25) is 9.59 Å². The van der Waals surface area contributed by atoms with E-state index >= 15 is 0 Å². The van der Waals surface area contributed by atoms with Crippen LogP contribution in [0.25, 0.3) is 21.8 Å². The number of rotatable bonds is 8. The maximum Gasteiger partial charge on any atom is 0.291 e. The molecule has 0 unspecified atom stereocenters. The summed E-state index contributed by atoms with van der Waals surface area (Å²) in [5.74, 6) is -0.0701. The van der Waals surface area contributed by atoms with Crippen molar-refractivity contribution in [2.45, 2.75) is 32.7 Å². The van der Waals surface area contributed by atoms with Gasteiger partial charge in [0.25, 0.3) is 5.56 Å². The molecular weight excluding hydrogens is 404 g/mol. The summed E-state index contributed by atoms with van der Waals surface area (Å²) in [7, 11) is 1.64. The Morgan fingerprint density at radius 3 is 2.50 bits per heavy atom. The van der Waals surface area contributed by atoms with Crippen LogP contribution in [-0.2, 0) is 11.8 Å². The van der Waals surface area contributed by atoms with E-state index in [9.17, 15) is 9.59 Å². The van der Waals surface area contributed by atoms with Crippen molar-refractivity contribution in [1.29, 1.82) is 0 Å². The second-order valence-electron chi connectivity index (χ2n) is 8.73. The molecule has 32 heavy (non-hydrogen) atoms. The Morgan fingerprint density at radius 1 is 1.09 bits per heavy atom. The van der Waals surface area contributed by atoms with Gasteiger partial charge in [-0.2, -0.15) is 5.10 Å². The highest BCUT2D eigenvalue weighted by Crippen LogP contribution is 2.29. The SMILES string of the molecule is CCCN1CCN(CCCNC(=O)[C@@H](C)n2c3ccccc3c3cnn(C)c(=O)c32)CC1. The topological polar surface area (TPSA) is 75.4 Å². The van der Waals surface area contributed by atoms with Crippen LogP contribution < -0.4 is 10.9 Å². The second kappa shape index (κ2) is 9.83. The zero-order chi connectivity index (χ0) is 22.7. The number of carbonyl (C=O) groups is 1. The Bertz CT molecular complexity index is 1140. The van der Waals surface area contributed by atoms with Crippen LogP contribution in [0.15, 0.2) is 35.3 Å². The van der Waals surface area contributed by atoms with Crippen molar-refractivity contribution in [2.75, 3.05) is 45.8 Å².